The largest absolute Gasteiger partial charge is 0.384 e. The van der Waals surface area contributed by atoms with Gasteiger partial charge in [0.05, 0.1) is 5.02 Å². The molecule has 0 radical (unpaired) electrons. The summed E-state index contributed by atoms with van der Waals surface area (Å²) in [5.41, 5.74) is 6.46. The third kappa shape index (κ3) is 2.58. The molecule has 18 heavy (non-hydrogen) atoms. The molecule has 0 saturated carbocycles. The van der Waals surface area contributed by atoms with E-state index in [1.807, 2.05) is 0 Å². The molecule has 0 atom stereocenters. The van der Waals surface area contributed by atoms with Crippen molar-refractivity contribution in [2.45, 2.75) is 26.7 Å². The summed E-state index contributed by atoms with van der Waals surface area (Å²) in [6.45, 7) is 6.46. The van der Waals surface area contributed by atoms with Gasteiger partial charge >= 0.3 is 0 Å². The lowest BCUT2D eigenvalue weighted by Gasteiger charge is -2.38. The zero-order chi connectivity index (χ0) is 13.3. The van der Waals surface area contributed by atoms with Crippen LogP contribution in [-0.2, 0) is 0 Å². The fraction of sp³-hybridized carbons (Fsp3) is 0.538. The number of aromatic nitrogens is 1. The maximum absolute atomic E-state index is 7.50. The van der Waals surface area contributed by atoms with Gasteiger partial charge in [-0.1, -0.05) is 25.4 Å². The van der Waals surface area contributed by atoms with Crippen LogP contribution in [0.25, 0.3) is 0 Å². The van der Waals surface area contributed by atoms with Crippen molar-refractivity contribution in [1.29, 1.82) is 5.41 Å². The lowest BCUT2D eigenvalue weighted by Crippen LogP contribution is -2.38. The molecular weight excluding hydrogens is 248 g/mol. The van der Waals surface area contributed by atoms with Crippen LogP contribution in [0.2, 0.25) is 5.02 Å². The Kier molecular flexibility index (Phi) is 3.48. The SMILES string of the molecule is CC1(C)CCN(c2nccc(C(=N)N)c2Cl)CC1. The highest BCUT2D eigenvalue weighted by molar-refractivity contribution is 6.36. The Bertz CT molecular complexity index is 460. The van der Waals surface area contributed by atoms with Crippen LogP contribution in [-0.4, -0.2) is 23.9 Å². The molecule has 0 aliphatic carbocycles. The molecule has 2 rings (SSSR count). The first-order valence-electron chi connectivity index (χ1n) is 6.14. The average molecular weight is 267 g/mol. The second-order valence-electron chi connectivity index (χ2n) is 5.56. The van der Waals surface area contributed by atoms with Crippen LogP contribution in [0.3, 0.4) is 0 Å². The van der Waals surface area contributed by atoms with E-state index in [0.717, 1.165) is 31.7 Å². The van der Waals surface area contributed by atoms with E-state index in [1.54, 1.807) is 12.3 Å². The summed E-state index contributed by atoms with van der Waals surface area (Å²) in [7, 11) is 0. The van der Waals surface area contributed by atoms with Gasteiger partial charge < -0.3 is 10.6 Å². The second-order valence-corrected chi connectivity index (χ2v) is 5.94. The Balaban J connectivity index is 2.25. The van der Waals surface area contributed by atoms with Crippen molar-refractivity contribution in [3.8, 4) is 0 Å². The van der Waals surface area contributed by atoms with Gasteiger partial charge in [-0.3, -0.25) is 5.41 Å². The lowest BCUT2D eigenvalue weighted by atomic mass is 9.83. The van der Waals surface area contributed by atoms with Gasteiger partial charge in [-0.05, 0) is 24.3 Å². The number of amidine groups is 1. The zero-order valence-corrected chi connectivity index (χ0v) is 11.6. The number of nitrogen functional groups attached to an aromatic ring is 1. The number of piperidine rings is 1. The van der Waals surface area contributed by atoms with E-state index in [2.05, 4.69) is 23.7 Å². The van der Waals surface area contributed by atoms with Crippen molar-refractivity contribution in [3.05, 3.63) is 22.8 Å². The van der Waals surface area contributed by atoms with E-state index in [9.17, 15) is 0 Å². The summed E-state index contributed by atoms with van der Waals surface area (Å²) in [4.78, 5) is 6.52. The first-order chi connectivity index (χ1) is 8.41. The first-order valence-corrected chi connectivity index (χ1v) is 6.52. The van der Waals surface area contributed by atoms with Crippen LogP contribution < -0.4 is 10.6 Å². The lowest BCUT2D eigenvalue weighted by molar-refractivity contribution is 0.279. The van der Waals surface area contributed by atoms with E-state index in [0.29, 0.717) is 16.0 Å². The number of nitrogens with two attached hydrogens (primary N) is 1. The average Bonchev–Trinajstić information content (AvgIpc) is 2.29. The minimum absolute atomic E-state index is 0.0130. The molecule has 0 unspecified atom stereocenters. The highest BCUT2D eigenvalue weighted by Gasteiger charge is 2.27. The molecule has 1 aliphatic rings. The molecule has 3 N–H and O–H groups in total. The van der Waals surface area contributed by atoms with Crippen LogP contribution in [0.4, 0.5) is 5.82 Å². The summed E-state index contributed by atoms with van der Waals surface area (Å²) in [5, 5.41) is 7.99. The predicted molar refractivity (Wildman–Crippen MR) is 75.5 cm³/mol. The van der Waals surface area contributed by atoms with Crippen LogP contribution in [0.1, 0.15) is 32.3 Å². The molecule has 0 amide bonds. The molecule has 1 aliphatic heterocycles. The second kappa shape index (κ2) is 4.76. The highest BCUT2D eigenvalue weighted by atomic mass is 35.5. The number of pyridine rings is 1. The minimum atomic E-state index is -0.0130. The van der Waals surface area contributed by atoms with E-state index in [-0.39, 0.29) is 5.84 Å². The van der Waals surface area contributed by atoms with Crippen molar-refractivity contribution in [1.82, 2.24) is 4.98 Å². The first kappa shape index (κ1) is 13.1. The highest BCUT2D eigenvalue weighted by Crippen LogP contribution is 2.34. The van der Waals surface area contributed by atoms with Crippen LogP contribution in [0, 0.1) is 10.8 Å². The predicted octanol–water partition coefficient (Wildman–Crippen LogP) is 2.65. The third-order valence-electron chi connectivity index (χ3n) is 3.58. The van der Waals surface area contributed by atoms with E-state index in [4.69, 9.17) is 22.7 Å². The van der Waals surface area contributed by atoms with Crippen LogP contribution in [0.15, 0.2) is 12.3 Å². The Morgan fingerprint density at radius 2 is 2.06 bits per heavy atom. The normalized spacial score (nSPS) is 18.7. The fourth-order valence-corrected chi connectivity index (χ4v) is 2.52. The molecule has 0 aromatic carbocycles. The molecule has 1 aromatic heterocycles. The van der Waals surface area contributed by atoms with Gasteiger partial charge in [0, 0.05) is 24.8 Å². The van der Waals surface area contributed by atoms with Crippen molar-refractivity contribution in [3.63, 3.8) is 0 Å². The van der Waals surface area contributed by atoms with Gasteiger partial charge in [0.15, 0.2) is 0 Å². The molecule has 1 saturated heterocycles. The summed E-state index contributed by atoms with van der Waals surface area (Å²) < 4.78 is 0. The van der Waals surface area contributed by atoms with E-state index < -0.39 is 0 Å². The number of hydrogen-bond acceptors (Lipinski definition) is 3. The Hall–Kier alpha value is -1.29. The summed E-state index contributed by atoms with van der Waals surface area (Å²) in [6.07, 6.45) is 3.91. The molecule has 0 spiro atoms. The molecule has 1 fully saturated rings. The summed E-state index contributed by atoms with van der Waals surface area (Å²) in [5.74, 6) is 0.737. The fourth-order valence-electron chi connectivity index (χ4n) is 2.19. The van der Waals surface area contributed by atoms with Crippen molar-refractivity contribution < 1.29 is 0 Å². The minimum Gasteiger partial charge on any atom is -0.384 e. The maximum Gasteiger partial charge on any atom is 0.148 e. The van der Waals surface area contributed by atoms with Gasteiger partial charge in [0.2, 0.25) is 0 Å². The van der Waals surface area contributed by atoms with Crippen molar-refractivity contribution in [2.24, 2.45) is 11.1 Å². The number of nitrogens with one attached hydrogen (secondary N) is 1. The maximum atomic E-state index is 7.50. The number of hydrogen-bond donors (Lipinski definition) is 2. The van der Waals surface area contributed by atoms with Gasteiger partial charge in [-0.25, -0.2) is 4.98 Å². The smallest absolute Gasteiger partial charge is 0.148 e. The molecule has 5 heteroatoms. The van der Waals surface area contributed by atoms with Crippen LogP contribution >= 0.6 is 11.6 Å². The monoisotopic (exact) mass is 266 g/mol. The Morgan fingerprint density at radius 1 is 1.44 bits per heavy atom. The van der Waals surface area contributed by atoms with E-state index >= 15 is 0 Å². The number of anilines is 1. The number of rotatable bonds is 2. The molecule has 2 heterocycles. The Morgan fingerprint density at radius 3 is 2.61 bits per heavy atom. The van der Waals surface area contributed by atoms with Crippen molar-refractivity contribution >= 4 is 23.3 Å². The zero-order valence-electron chi connectivity index (χ0n) is 10.8. The van der Waals surface area contributed by atoms with Gasteiger partial charge in [-0.2, -0.15) is 0 Å². The summed E-state index contributed by atoms with van der Waals surface area (Å²) >= 11 is 6.28. The Labute approximate surface area is 113 Å². The molecule has 0 bridgehead atoms. The van der Waals surface area contributed by atoms with Gasteiger partial charge in [-0.15, -0.1) is 0 Å². The molecule has 98 valence electrons. The molecular formula is C13H19ClN4. The number of nitrogens with zero attached hydrogens (tertiary/aromatic N) is 2. The third-order valence-corrected chi connectivity index (χ3v) is 3.95. The van der Waals surface area contributed by atoms with E-state index in [1.165, 1.54) is 0 Å². The number of halogens is 1. The molecule has 4 nitrogen and oxygen atoms in total. The molecule has 1 aromatic rings. The van der Waals surface area contributed by atoms with Crippen LogP contribution in [0.5, 0.6) is 0 Å². The quantitative estimate of drug-likeness (QED) is 0.639. The topological polar surface area (TPSA) is 66.0 Å². The van der Waals surface area contributed by atoms with Gasteiger partial charge in [0.1, 0.15) is 11.7 Å². The summed E-state index contributed by atoms with van der Waals surface area (Å²) in [6, 6.07) is 1.68. The standard InChI is InChI=1S/C13H19ClN4/c1-13(2)4-7-18(8-5-13)12-10(14)9(11(15)16)3-6-17-12/h3,6H,4-5,7-8H2,1-2H3,(H3,15,16). The van der Waals surface area contributed by atoms with Gasteiger partial charge in [0.25, 0.3) is 0 Å². The van der Waals surface area contributed by atoms with Crippen molar-refractivity contribution in [2.75, 3.05) is 18.0 Å².